The Morgan fingerprint density at radius 3 is 2.80 bits per heavy atom. The van der Waals surface area contributed by atoms with Crippen LogP contribution in [0.25, 0.3) is 0 Å². The van der Waals surface area contributed by atoms with Gasteiger partial charge in [-0.2, -0.15) is 0 Å². The summed E-state index contributed by atoms with van der Waals surface area (Å²) in [5, 5.41) is 12.2. The molecule has 2 N–H and O–H groups in total. The zero-order valence-corrected chi connectivity index (χ0v) is 12.5. The smallest absolute Gasteiger partial charge is 0.335 e. The number of carboxylic acid groups (broad SMARTS) is 1. The van der Waals surface area contributed by atoms with Gasteiger partial charge in [-0.3, -0.25) is 0 Å². The fourth-order valence-corrected chi connectivity index (χ4v) is 2.27. The molecule has 0 amide bonds. The van der Waals surface area contributed by atoms with E-state index in [4.69, 9.17) is 5.11 Å². The minimum Gasteiger partial charge on any atom is -0.478 e. The number of nitrogens with one attached hydrogen (secondary N) is 1. The number of hydrogen-bond acceptors (Lipinski definition) is 4. The standard InChI is InChI=1S/C14H14BrN3O2/c1-9-17-5-4-12(18-9)8-16-7-11-3-2-10(14(19)20)6-13(11)15/h2-6,16H,7-8H2,1H3,(H,19,20). The normalized spacial score (nSPS) is 10.5. The summed E-state index contributed by atoms with van der Waals surface area (Å²) < 4.78 is 0.781. The molecule has 0 spiro atoms. The average Bonchev–Trinajstić information content (AvgIpc) is 2.40. The molecule has 2 aromatic rings. The summed E-state index contributed by atoms with van der Waals surface area (Å²) in [5.74, 6) is -0.182. The number of hydrogen-bond donors (Lipinski definition) is 2. The molecule has 0 aliphatic heterocycles. The van der Waals surface area contributed by atoms with Gasteiger partial charge in [0, 0.05) is 23.8 Å². The van der Waals surface area contributed by atoms with Gasteiger partial charge in [0.2, 0.25) is 0 Å². The molecule has 0 saturated carbocycles. The molecule has 0 atom stereocenters. The van der Waals surface area contributed by atoms with Crippen molar-refractivity contribution >= 4 is 21.9 Å². The number of aromatic nitrogens is 2. The zero-order valence-electron chi connectivity index (χ0n) is 10.9. The van der Waals surface area contributed by atoms with Crippen molar-refractivity contribution in [3.63, 3.8) is 0 Å². The summed E-state index contributed by atoms with van der Waals surface area (Å²) in [6.07, 6.45) is 1.73. The lowest BCUT2D eigenvalue weighted by Crippen LogP contribution is -2.14. The van der Waals surface area contributed by atoms with Crippen LogP contribution in [0.1, 0.15) is 27.4 Å². The molecule has 0 unspecified atom stereocenters. The maximum atomic E-state index is 10.8. The summed E-state index contributed by atoms with van der Waals surface area (Å²) in [4.78, 5) is 19.2. The van der Waals surface area contributed by atoms with Crippen molar-refractivity contribution < 1.29 is 9.90 Å². The second-order valence-corrected chi connectivity index (χ2v) is 5.16. The van der Waals surface area contributed by atoms with Crippen LogP contribution in [0.2, 0.25) is 0 Å². The molecule has 0 aliphatic rings. The first-order chi connectivity index (χ1) is 9.56. The highest BCUT2D eigenvalue weighted by molar-refractivity contribution is 9.10. The van der Waals surface area contributed by atoms with Crippen molar-refractivity contribution in [2.45, 2.75) is 20.0 Å². The van der Waals surface area contributed by atoms with Crippen molar-refractivity contribution in [2.24, 2.45) is 0 Å². The van der Waals surface area contributed by atoms with Gasteiger partial charge in [-0.15, -0.1) is 0 Å². The second-order valence-electron chi connectivity index (χ2n) is 4.31. The first kappa shape index (κ1) is 14.6. The lowest BCUT2D eigenvalue weighted by molar-refractivity contribution is 0.0697. The van der Waals surface area contributed by atoms with Crippen LogP contribution in [-0.4, -0.2) is 21.0 Å². The van der Waals surface area contributed by atoms with E-state index >= 15 is 0 Å². The van der Waals surface area contributed by atoms with Gasteiger partial charge < -0.3 is 10.4 Å². The third-order valence-corrected chi connectivity index (χ3v) is 3.49. The van der Waals surface area contributed by atoms with Gasteiger partial charge >= 0.3 is 5.97 Å². The molecule has 0 saturated heterocycles. The van der Waals surface area contributed by atoms with Crippen molar-refractivity contribution in [1.29, 1.82) is 0 Å². The SMILES string of the molecule is Cc1nccc(CNCc2ccc(C(=O)O)cc2Br)n1. The molecule has 1 heterocycles. The van der Waals surface area contributed by atoms with Crippen LogP contribution in [0.5, 0.6) is 0 Å². The van der Waals surface area contributed by atoms with Crippen molar-refractivity contribution in [3.8, 4) is 0 Å². The molecule has 0 radical (unpaired) electrons. The number of aromatic carboxylic acids is 1. The van der Waals surface area contributed by atoms with Gasteiger partial charge in [-0.05, 0) is 30.7 Å². The van der Waals surface area contributed by atoms with Crippen LogP contribution in [0.4, 0.5) is 0 Å². The van der Waals surface area contributed by atoms with Crippen LogP contribution in [-0.2, 0) is 13.1 Å². The van der Waals surface area contributed by atoms with E-state index in [9.17, 15) is 4.79 Å². The first-order valence-corrected chi connectivity index (χ1v) is 6.86. The Kier molecular flexibility index (Phi) is 4.81. The minimum absolute atomic E-state index is 0.270. The average molecular weight is 336 g/mol. The number of carboxylic acids is 1. The Morgan fingerprint density at radius 1 is 1.35 bits per heavy atom. The lowest BCUT2D eigenvalue weighted by Gasteiger charge is -2.07. The minimum atomic E-state index is -0.929. The van der Waals surface area contributed by atoms with Crippen molar-refractivity contribution in [1.82, 2.24) is 15.3 Å². The van der Waals surface area contributed by atoms with E-state index in [0.717, 1.165) is 21.6 Å². The Morgan fingerprint density at radius 2 is 2.15 bits per heavy atom. The van der Waals surface area contributed by atoms with Gasteiger partial charge in [-0.25, -0.2) is 14.8 Å². The predicted octanol–water partition coefficient (Wildman–Crippen LogP) is 2.54. The maximum absolute atomic E-state index is 10.8. The largest absolute Gasteiger partial charge is 0.478 e. The number of benzene rings is 1. The number of halogens is 1. The summed E-state index contributed by atoms with van der Waals surface area (Å²) in [6.45, 7) is 3.12. The Balaban J connectivity index is 1.96. The Bertz CT molecular complexity index is 632. The van der Waals surface area contributed by atoms with E-state index in [0.29, 0.717) is 13.1 Å². The molecule has 0 bridgehead atoms. The lowest BCUT2D eigenvalue weighted by atomic mass is 10.1. The van der Waals surface area contributed by atoms with Crippen LogP contribution in [0, 0.1) is 6.92 Å². The van der Waals surface area contributed by atoms with E-state index < -0.39 is 5.97 Å². The van der Waals surface area contributed by atoms with Gasteiger partial charge in [0.05, 0.1) is 11.3 Å². The quantitative estimate of drug-likeness (QED) is 0.878. The van der Waals surface area contributed by atoms with Crippen molar-refractivity contribution in [3.05, 3.63) is 57.6 Å². The Labute approximate surface area is 125 Å². The predicted molar refractivity (Wildman–Crippen MR) is 78.4 cm³/mol. The van der Waals surface area contributed by atoms with Gasteiger partial charge in [0.15, 0.2) is 0 Å². The molecule has 5 nitrogen and oxygen atoms in total. The van der Waals surface area contributed by atoms with Gasteiger partial charge in [0.1, 0.15) is 5.82 Å². The second kappa shape index (κ2) is 6.58. The fraction of sp³-hybridized carbons (Fsp3) is 0.214. The molecule has 1 aromatic carbocycles. The molecule has 20 heavy (non-hydrogen) atoms. The fourth-order valence-electron chi connectivity index (χ4n) is 1.75. The maximum Gasteiger partial charge on any atom is 0.335 e. The molecule has 1 aromatic heterocycles. The highest BCUT2D eigenvalue weighted by atomic mass is 79.9. The van der Waals surface area contributed by atoms with E-state index in [-0.39, 0.29) is 5.56 Å². The van der Waals surface area contributed by atoms with Gasteiger partial charge in [0.25, 0.3) is 0 Å². The van der Waals surface area contributed by atoms with E-state index in [1.54, 1.807) is 24.4 Å². The molecular weight excluding hydrogens is 322 g/mol. The highest BCUT2D eigenvalue weighted by Gasteiger charge is 2.06. The topological polar surface area (TPSA) is 75.1 Å². The van der Waals surface area contributed by atoms with E-state index in [1.165, 1.54) is 0 Å². The third-order valence-electron chi connectivity index (χ3n) is 2.76. The first-order valence-electron chi connectivity index (χ1n) is 6.07. The molecule has 0 aliphatic carbocycles. The number of aryl methyl sites for hydroxylation is 1. The third kappa shape index (κ3) is 3.85. The van der Waals surface area contributed by atoms with E-state index in [1.807, 2.05) is 13.0 Å². The summed E-state index contributed by atoms with van der Waals surface area (Å²) in [6, 6.07) is 6.86. The molecule has 104 valence electrons. The highest BCUT2D eigenvalue weighted by Crippen LogP contribution is 2.18. The summed E-state index contributed by atoms with van der Waals surface area (Å²) in [7, 11) is 0. The van der Waals surface area contributed by atoms with Gasteiger partial charge in [-0.1, -0.05) is 22.0 Å². The van der Waals surface area contributed by atoms with Crippen LogP contribution in [0.15, 0.2) is 34.9 Å². The Hall–Kier alpha value is -1.79. The number of carbonyl (C=O) groups is 1. The number of nitrogens with zero attached hydrogens (tertiary/aromatic N) is 2. The molecule has 6 heteroatoms. The van der Waals surface area contributed by atoms with Crippen LogP contribution in [0.3, 0.4) is 0 Å². The summed E-state index contributed by atoms with van der Waals surface area (Å²) >= 11 is 3.38. The van der Waals surface area contributed by atoms with E-state index in [2.05, 4.69) is 31.2 Å². The summed E-state index contributed by atoms with van der Waals surface area (Å²) in [5.41, 5.74) is 2.20. The zero-order chi connectivity index (χ0) is 14.5. The van der Waals surface area contributed by atoms with Crippen LogP contribution >= 0.6 is 15.9 Å². The number of rotatable bonds is 5. The molecular formula is C14H14BrN3O2. The van der Waals surface area contributed by atoms with Crippen molar-refractivity contribution in [2.75, 3.05) is 0 Å². The molecule has 2 rings (SSSR count). The molecule has 0 fully saturated rings. The van der Waals surface area contributed by atoms with Crippen LogP contribution < -0.4 is 5.32 Å². The monoisotopic (exact) mass is 335 g/mol.